The van der Waals surface area contributed by atoms with E-state index in [4.69, 9.17) is 0 Å². The van der Waals surface area contributed by atoms with Crippen molar-refractivity contribution >= 4 is 10.9 Å². The summed E-state index contributed by atoms with van der Waals surface area (Å²) in [6.45, 7) is 0. The van der Waals surface area contributed by atoms with Gasteiger partial charge in [0.2, 0.25) is 0 Å². The lowest BCUT2D eigenvalue weighted by atomic mass is 9.99. The Hall–Kier alpha value is -2.26. The van der Waals surface area contributed by atoms with Gasteiger partial charge >= 0.3 is 0 Å². The van der Waals surface area contributed by atoms with Crippen molar-refractivity contribution in [1.29, 1.82) is 0 Å². The lowest BCUT2D eigenvalue weighted by molar-refractivity contribution is 0.616. The molecule has 0 radical (unpaired) electrons. The van der Waals surface area contributed by atoms with Gasteiger partial charge in [-0.3, -0.25) is 4.98 Å². The van der Waals surface area contributed by atoms with Crippen molar-refractivity contribution in [2.45, 2.75) is 6.04 Å². The van der Waals surface area contributed by atoms with Crippen LogP contribution in [0.2, 0.25) is 0 Å². The van der Waals surface area contributed by atoms with E-state index in [1.54, 1.807) is 12.1 Å². The summed E-state index contributed by atoms with van der Waals surface area (Å²) in [5.74, 6) is -0.225. The minimum atomic E-state index is -0.225. The monoisotopic (exact) mass is 266 g/mol. The predicted molar refractivity (Wildman–Crippen MR) is 79.0 cm³/mol. The number of halogens is 1. The zero-order valence-electron chi connectivity index (χ0n) is 11.2. The van der Waals surface area contributed by atoms with Crippen LogP contribution in [0.15, 0.2) is 60.8 Å². The quantitative estimate of drug-likeness (QED) is 0.782. The topological polar surface area (TPSA) is 24.9 Å². The van der Waals surface area contributed by atoms with Gasteiger partial charge in [-0.2, -0.15) is 0 Å². The van der Waals surface area contributed by atoms with E-state index in [2.05, 4.69) is 16.4 Å². The molecule has 1 N–H and O–H groups in total. The van der Waals surface area contributed by atoms with Gasteiger partial charge in [0.25, 0.3) is 0 Å². The Labute approximate surface area is 117 Å². The van der Waals surface area contributed by atoms with Gasteiger partial charge in [-0.05, 0) is 42.4 Å². The molecule has 1 heterocycles. The lowest BCUT2D eigenvalue weighted by Crippen LogP contribution is -2.18. The number of aromatic nitrogens is 1. The Kier molecular flexibility index (Phi) is 3.44. The van der Waals surface area contributed by atoms with E-state index >= 15 is 0 Å². The highest BCUT2D eigenvalue weighted by molar-refractivity contribution is 5.78. The van der Waals surface area contributed by atoms with Crippen molar-refractivity contribution < 1.29 is 4.39 Å². The van der Waals surface area contributed by atoms with Crippen LogP contribution in [0.5, 0.6) is 0 Å². The second-order valence-corrected chi connectivity index (χ2v) is 4.74. The molecule has 0 saturated carbocycles. The molecule has 100 valence electrons. The average Bonchev–Trinajstić information content (AvgIpc) is 2.48. The molecule has 1 unspecified atom stereocenters. The summed E-state index contributed by atoms with van der Waals surface area (Å²) in [5, 5.41) is 4.30. The van der Waals surface area contributed by atoms with Crippen molar-refractivity contribution in [3.8, 4) is 0 Å². The van der Waals surface area contributed by atoms with Crippen molar-refractivity contribution in [3.63, 3.8) is 0 Å². The highest BCUT2D eigenvalue weighted by atomic mass is 19.1. The third kappa shape index (κ3) is 2.40. The molecule has 0 aliphatic rings. The van der Waals surface area contributed by atoms with Crippen LogP contribution in [0, 0.1) is 5.82 Å². The number of nitrogens with zero attached hydrogens (tertiary/aromatic N) is 1. The van der Waals surface area contributed by atoms with E-state index < -0.39 is 0 Å². The minimum absolute atomic E-state index is 0.0668. The molecule has 1 atom stereocenters. The van der Waals surface area contributed by atoms with Crippen molar-refractivity contribution in [3.05, 3.63) is 77.7 Å². The SMILES string of the molecule is CNC(c1cccc(F)c1)c1cnc2ccccc2c1. The fourth-order valence-corrected chi connectivity index (χ4v) is 2.46. The predicted octanol–water partition coefficient (Wildman–Crippen LogP) is 3.68. The van der Waals surface area contributed by atoms with Crippen molar-refractivity contribution in [1.82, 2.24) is 10.3 Å². The Morgan fingerprint density at radius 2 is 1.85 bits per heavy atom. The smallest absolute Gasteiger partial charge is 0.123 e. The number of benzene rings is 2. The summed E-state index contributed by atoms with van der Waals surface area (Å²) >= 11 is 0. The van der Waals surface area contributed by atoms with E-state index in [0.29, 0.717) is 0 Å². The van der Waals surface area contributed by atoms with E-state index in [0.717, 1.165) is 22.0 Å². The van der Waals surface area contributed by atoms with Gasteiger partial charge in [0.1, 0.15) is 5.82 Å². The van der Waals surface area contributed by atoms with E-state index in [9.17, 15) is 4.39 Å². The molecule has 1 aromatic heterocycles. The van der Waals surface area contributed by atoms with Gasteiger partial charge in [0.05, 0.1) is 11.6 Å². The first-order chi connectivity index (χ1) is 9.78. The molecule has 0 saturated heterocycles. The fraction of sp³-hybridized carbons (Fsp3) is 0.118. The van der Waals surface area contributed by atoms with Crippen LogP contribution in [0.1, 0.15) is 17.2 Å². The van der Waals surface area contributed by atoms with Crippen LogP contribution in [0.25, 0.3) is 10.9 Å². The number of para-hydroxylation sites is 1. The third-order valence-corrected chi connectivity index (χ3v) is 3.42. The molecule has 20 heavy (non-hydrogen) atoms. The third-order valence-electron chi connectivity index (χ3n) is 3.42. The molecule has 0 fully saturated rings. The molecule has 3 heteroatoms. The largest absolute Gasteiger partial charge is 0.309 e. The molecular weight excluding hydrogens is 251 g/mol. The van der Waals surface area contributed by atoms with Crippen molar-refractivity contribution in [2.24, 2.45) is 0 Å². The van der Waals surface area contributed by atoms with Crippen LogP contribution < -0.4 is 5.32 Å². The van der Waals surface area contributed by atoms with Gasteiger partial charge in [-0.1, -0.05) is 30.3 Å². The molecule has 0 aliphatic heterocycles. The van der Waals surface area contributed by atoms with Crippen LogP contribution in [-0.2, 0) is 0 Å². The van der Waals surface area contributed by atoms with Crippen LogP contribution >= 0.6 is 0 Å². The molecule has 2 aromatic carbocycles. The maximum Gasteiger partial charge on any atom is 0.123 e. The Morgan fingerprint density at radius 1 is 1.00 bits per heavy atom. The molecule has 3 rings (SSSR count). The number of pyridine rings is 1. The van der Waals surface area contributed by atoms with Gasteiger partial charge in [-0.15, -0.1) is 0 Å². The summed E-state index contributed by atoms with van der Waals surface area (Å²) in [7, 11) is 1.87. The van der Waals surface area contributed by atoms with Crippen LogP contribution in [-0.4, -0.2) is 12.0 Å². The number of rotatable bonds is 3. The minimum Gasteiger partial charge on any atom is -0.309 e. The molecular formula is C17H15FN2. The highest BCUT2D eigenvalue weighted by Crippen LogP contribution is 2.24. The second-order valence-electron chi connectivity index (χ2n) is 4.74. The van der Waals surface area contributed by atoms with Gasteiger partial charge in [0.15, 0.2) is 0 Å². The zero-order chi connectivity index (χ0) is 13.9. The molecule has 0 aliphatic carbocycles. The number of nitrogens with one attached hydrogen (secondary N) is 1. The van der Waals surface area contributed by atoms with Crippen molar-refractivity contribution in [2.75, 3.05) is 7.05 Å². The standard InChI is InChI=1S/C17H15FN2/c1-19-17(13-6-4-7-15(18)10-13)14-9-12-5-2-3-8-16(12)20-11-14/h2-11,17,19H,1H3. The first-order valence-corrected chi connectivity index (χ1v) is 6.55. The second kappa shape index (κ2) is 5.39. The first-order valence-electron chi connectivity index (χ1n) is 6.55. The van der Waals surface area contributed by atoms with Crippen LogP contribution in [0.3, 0.4) is 0 Å². The van der Waals surface area contributed by atoms with Gasteiger partial charge in [-0.25, -0.2) is 4.39 Å². The Bertz CT molecular complexity index is 740. The van der Waals surface area contributed by atoms with Gasteiger partial charge in [0, 0.05) is 11.6 Å². The first kappa shape index (κ1) is 12.8. The highest BCUT2D eigenvalue weighted by Gasteiger charge is 2.13. The summed E-state index contributed by atoms with van der Waals surface area (Å²) < 4.78 is 13.4. The Morgan fingerprint density at radius 3 is 2.65 bits per heavy atom. The molecule has 2 nitrogen and oxygen atoms in total. The summed E-state index contributed by atoms with van der Waals surface area (Å²) in [6.07, 6.45) is 1.84. The summed E-state index contributed by atoms with van der Waals surface area (Å²) in [5.41, 5.74) is 2.88. The van der Waals surface area contributed by atoms with E-state index in [-0.39, 0.29) is 11.9 Å². The molecule has 0 bridgehead atoms. The lowest BCUT2D eigenvalue weighted by Gasteiger charge is -2.17. The number of hydrogen-bond donors (Lipinski definition) is 1. The summed E-state index contributed by atoms with van der Waals surface area (Å²) in [4.78, 5) is 4.46. The summed E-state index contributed by atoms with van der Waals surface area (Å²) in [6, 6.07) is 16.6. The fourth-order valence-electron chi connectivity index (χ4n) is 2.46. The average molecular weight is 266 g/mol. The maximum absolute atomic E-state index is 13.4. The Balaban J connectivity index is 2.07. The molecule has 3 aromatic rings. The van der Waals surface area contributed by atoms with Crippen LogP contribution in [0.4, 0.5) is 4.39 Å². The number of fused-ring (bicyclic) bond motifs is 1. The normalized spacial score (nSPS) is 12.5. The van der Waals surface area contributed by atoms with E-state index in [1.807, 2.05) is 43.6 Å². The number of hydrogen-bond acceptors (Lipinski definition) is 2. The maximum atomic E-state index is 13.4. The van der Waals surface area contributed by atoms with E-state index in [1.165, 1.54) is 6.07 Å². The van der Waals surface area contributed by atoms with Gasteiger partial charge < -0.3 is 5.32 Å². The molecule has 0 spiro atoms. The molecule has 0 amide bonds. The zero-order valence-corrected chi connectivity index (χ0v) is 11.2.